The lowest BCUT2D eigenvalue weighted by Crippen LogP contribution is -1.78. The zero-order valence-corrected chi connectivity index (χ0v) is 5.61. The van der Waals surface area contributed by atoms with Gasteiger partial charge in [0.25, 0.3) is 0 Å². The summed E-state index contributed by atoms with van der Waals surface area (Å²) in [6.45, 7) is 0. The molecule has 2 heterocycles. The number of nitrogens with zero attached hydrogens (tertiary/aromatic N) is 2. The Hall–Kier alpha value is -1.71. The molecule has 0 aromatic carbocycles. The molecule has 0 aliphatic rings. The first-order valence-electron chi connectivity index (χ1n) is 3.16. The van der Waals surface area contributed by atoms with E-state index in [1.165, 1.54) is 0 Å². The fraction of sp³-hybridized carbons (Fsp3) is 0. The summed E-state index contributed by atoms with van der Waals surface area (Å²) in [6, 6.07) is 3.57. The van der Waals surface area contributed by atoms with E-state index < -0.39 is 0 Å². The topological polar surface area (TPSA) is 58.6 Å². The van der Waals surface area contributed by atoms with E-state index in [9.17, 15) is 4.79 Å². The molecular formula is C7H5N3O. The van der Waals surface area contributed by atoms with Crippen molar-refractivity contribution in [2.45, 2.75) is 0 Å². The molecule has 0 saturated heterocycles. The SMILES string of the molecule is O=Cc1[nH]nc2ncccc12. The Morgan fingerprint density at radius 3 is 3.27 bits per heavy atom. The summed E-state index contributed by atoms with van der Waals surface area (Å²) in [4.78, 5) is 14.3. The lowest BCUT2D eigenvalue weighted by atomic mass is 10.3. The van der Waals surface area contributed by atoms with Crippen LogP contribution in [-0.4, -0.2) is 21.5 Å². The number of aldehydes is 1. The van der Waals surface area contributed by atoms with Crippen LogP contribution in [-0.2, 0) is 0 Å². The van der Waals surface area contributed by atoms with Crippen molar-refractivity contribution in [1.29, 1.82) is 0 Å². The quantitative estimate of drug-likeness (QED) is 0.606. The maximum absolute atomic E-state index is 10.4. The molecule has 4 nitrogen and oxygen atoms in total. The van der Waals surface area contributed by atoms with Gasteiger partial charge in [-0.1, -0.05) is 0 Å². The predicted octanol–water partition coefficient (Wildman–Crippen LogP) is 0.770. The van der Waals surface area contributed by atoms with Crippen molar-refractivity contribution in [3.63, 3.8) is 0 Å². The van der Waals surface area contributed by atoms with Gasteiger partial charge in [-0.3, -0.25) is 9.89 Å². The zero-order chi connectivity index (χ0) is 7.68. The molecule has 1 N–H and O–H groups in total. The fourth-order valence-corrected chi connectivity index (χ4v) is 0.960. The highest BCUT2D eigenvalue weighted by molar-refractivity contribution is 5.92. The summed E-state index contributed by atoms with van der Waals surface area (Å²) in [5, 5.41) is 7.17. The monoisotopic (exact) mass is 147 g/mol. The van der Waals surface area contributed by atoms with Gasteiger partial charge in [0.05, 0.1) is 0 Å². The average Bonchev–Trinajstić information content (AvgIpc) is 2.47. The van der Waals surface area contributed by atoms with Gasteiger partial charge in [-0.15, -0.1) is 0 Å². The molecule has 11 heavy (non-hydrogen) atoms. The second-order valence-electron chi connectivity index (χ2n) is 2.13. The molecule has 4 heteroatoms. The minimum Gasteiger partial charge on any atom is -0.296 e. The first kappa shape index (κ1) is 6.03. The van der Waals surface area contributed by atoms with Gasteiger partial charge in [-0.25, -0.2) is 4.98 Å². The Kier molecular flexibility index (Phi) is 1.18. The van der Waals surface area contributed by atoms with Gasteiger partial charge >= 0.3 is 0 Å². The van der Waals surface area contributed by atoms with Gasteiger partial charge in [0.1, 0.15) is 5.69 Å². The molecule has 0 spiro atoms. The smallest absolute Gasteiger partial charge is 0.181 e. The Labute approximate surface area is 62.3 Å². The number of nitrogens with one attached hydrogen (secondary N) is 1. The van der Waals surface area contributed by atoms with Crippen LogP contribution in [0.1, 0.15) is 10.5 Å². The van der Waals surface area contributed by atoms with Crippen molar-refractivity contribution in [1.82, 2.24) is 15.2 Å². The van der Waals surface area contributed by atoms with Crippen molar-refractivity contribution >= 4 is 17.3 Å². The molecule has 0 aliphatic heterocycles. The van der Waals surface area contributed by atoms with Crippen molar-refractivity contribution < 1.29 is 4.79 Å². The average molecular weight is 147 g/mol. The van der Waals surface area contributed by atoms with E-state index >= 15 is 0 Å². The van der Waals surface area contributed by atoms with Gasteiger partial charge in [-0.2, -0.15) is 5.10 Å². The standard InChI is InChI=1S/C7H5N3O/c11-4-6-5-2-1-3-8-7(5)10-9-6/h1-4H,(H,8,9,10). The third-order valence-corrected chi connectivity index (χ3v) is 1.48. The van der Waals surface area contributed by atoms with Crippen LogP contribution in [0.15, 0.2) is 18.3 Å². The molecule has 0 saturated carbocycles. The van der Waals surface area contributed by atoms with Gasteiger partial charge < -0.3 is 0 Å². The van der Waals surface area contributed by atoms with Crippen LogP contribution in [0.2, 0.25) is 0 Å². The number of rotatable bonds is 1. The number of hydrogen-bond donors (Lipinski definition) is 1. The highest BCUT2D eigenvalue weighted by atomic mass is 16.1. The number of aromatic amines is 1. The maximum Gasteiger partial charge on any atom is 0.181 e. The van der Waals surface area contributed by atoms with E-state index in [0.717, 1.165) is 11.7 Å². The molecule has 2 rings (SSSR count). The minimum atomic E-state index is 0.480. The number of hydrogen-bond acceptors (Lipinski definition) is 3. The number of H-pyrrole nitrogens is 1. The predicted molar refractivity (Wildman–Crippen MR) is 39.3 cm³/mol. The van der Waals surface area contributed by atoms with Crippen LogP contribution in [0.25, 0.3) is 11.0 Å². The van der Waals surface area contributed by atoms with E-state index in [4.69, 9.17) is 0 Å². The molecule has 0 bridgehead atoms. The molecule has 0 radical (unpaired) electrons. The van der Waals surface area contributed by atoms with Crippen molar-refractivity contribution in [2.24, 2.45) is 0 Å². The Balaban J connectivity index is 2.86. The van der Waals surface area contributed by atoms with Crippen LogP contribution in [0.3, 0.4) is 0 Å². The molecule has 54 valence electrons. The molecule has 0 amide bonds. The normalized spacial score (nSPS) is 10.2. The first-order chi connectivity index (χ1) is 5.42. The van der Waals surface area contributed by atoms with E-state index in [1.807, 2.05) is 0 Å². The maximum atomic E-state index is 10.4. The number of aromatic nitrogens is 3. The summed E-state index contributed by atoms with van der Waals surface area (Å²) in [5.74, 6) is 0. The van der Waals surface area contributed by atoms with Gasteiger partial charge in [0.2, 0.25) is 0 Å². The second kappa shape index (κ2) is 2.16. The second-order valence-corrected chi connectivity index (χ2v) is 2.13. The van der Waals surface area contributed by atoms with Crippen molar-refractivity contribution in [3.8, 4) is 0 Å². The zero-order valence-electron chi connectivity index (χ0n) is 5.61. The van der Waals surface area contributed by atoms with E-state index in [1.54, 1.807) is 18.3 Å². The van der Waals surface area contributed by atoms with E-state index in [0.29, 0.717) is 11.3 Å². The third kappa shape index (κ3) is 0.797. The van der Waals surface area contributed by atoms with Crippen molar-refractivity contribution in [2.75, 3.05) is 0 Å². The highest BCUT2D eigenvalue weighted by Gasteiger charge is 2.01. The largest absolute Gasteiger partial charge is 0.296 e. The van der Waals surface area contributed by atoms with Crippen LogP contribution in [0, 0.1) is 0 Å². The Morgan fingerprint density at radius 1 is 1.55 bits per heavy atom. The highest BCUT2D eigenvalue weighted by Crippen LogP contribution is 2.09. The number of carbonyl (C=O) groups is 1. The summed E-state index contributed by atoms with van der Waals surface area (Å²) in [6.07, 6.45) is 2.37. The van der Waals surface area contributed by atoms with E-state index in [-0.39, 0.29) is 0 Å². The first-order valence-corrected chi connectivity index (χ1v) is 3.16. The number of fused-ring (bicyclic) bond motifs is 1. The molecule has 2 aromatic rings. The molecule has 2 aromatic heterocycles. The minimum absolute atomic E-state index is 0.480. The van der Waals surface area contributed by atoms with Crippen LogP contribution in [0.4, 0.5) is 0 Å². The molecule has 0 aliphatic carbocycles. The van der Waals surface area contributed by atoms with Crippen molar-refractivity contribution in [3.05, 3.63) is 24.0 Å². The summed E-state index contributed by atoms with van der Waals surface area (Å²) in [7, 11) is 0. The fourth-order valence-electron chi connectivity index (χ4n) is 0.960. The van der Waals surface area contributed by atoms with Crippen LogP contribution >= 0.6 is 0 Å². The molecule has 0 fully saturated rings. The summed E-state index contributed by atoms with van der Waals surface area (Å²) in [5.41, 5.74) is 1.06. The molecule has 0 atom stereocenters. The Bertz CT molecular complexity index is 393. The third-order valence-electron chi connectivity index (χ3n) is 1.48. The van der Waals surface area contributed by atoms with Crippen LogP contribution < -0.4 is 0 Å². The molecule has 0 unspecified atom stereocenters. The molecular weight excluding hydrogens is 142 g/mol. The van der Waals surface area contributed by atoms with Gasteiger partial charge in [0, 0.05) is 11.6 Å². The number of carbonyl (C=O) groups excluding carboxylic acids is 1. The summed E-state index contributed by atoms with van der Waals surface area (Å²) >= 11 is 0. The number of pyridine rings is 1. The van der Waals surface area contributed by atoms with E-state index in [2.05, 4.69) is 15.2 Å². The van der Waals surface area contributed by atoms with Gasteiger partial charge in [0.15, 0.2) is 11.9 Å². The summed E-state index contributed by atoms with van der Waals surface area (Å²) < 4.78 is 0. The lowest BCUT2D eigenvalue weighted by molar-refractivity contribution is 0.112. The van der Waals surface area contributed by atoms with Crippen LogP contribution in [0.5, 0.6) is 0 Å². The van der Waals surface area contributed by atoms with Gasteiger partial charge in [-0.05, 0) is 12.1 Å². The Morgan fingerprint density at radius 2 is 2.45 bits per heavy atom. The lowest BCUT2D eigenvalue weighted by Gasteiger charge is -1.83.